The fourth-order valence-electron chi connectivity index (χ4n) is 1.67. The highest BCUT2D eigenvalue weighted by molar-refractivity contribution is 6.31. The summed E-state index contributed by atoms with van der Waals surface area (Å²) in [5.74, 6) is 0.540. The Kier molecular flexibility index (Phi) is 4.58. The van der Waals surface area contributed by atoms with Gasteiger partial charge in [-0.25, -0.2) is 4.39 Å². The SMILES string of the molecule is COc1cc(C=O)ccc1OCc1ccc(F)cc1Cl. The van der Waals surface area contributed by atoms with E-state index in [2.05, 4.69) is 0 Å². The van der Waals surface area contributed by atoms with E-state index in [9.17, 15) is 9.18 Å². The molecule has 0 aliphatic heterocycles. The Bertz CT molecular complexity index is 629. The summed E-state index contributed by atoms with van der Waals surface area (Å²) < 4.78 is 23.7. The second kappa shape index (κ2) is 6.39. The van der Waals surface area contributed by atoms with Gasteiger partial charge in [-0.2, -0.15) is 0 Å². The van der Waals surface area contributed by atoms with Crippen molar-refractivity contribution in [3.63, 3.8) is 0 Å². The van der Waals surface area contributed by atoms with Gasteiger partial charge in [-0.1, -0.05) is 17.7 Å². The zero-order valence-corrected chi connectivity index (χ0v) is 11.5. The molecule has 0 bridgehead atoms. The van der Waals surface area contributed by atoms with Crippen LogP contribution < -0.4 is 9.47 Å². The number of rotatable bonds is 5. The van der Waals surface area contributed by atoms with Crippen molar-refractivity contribution >= 4 is 17.9 Å². The number of halogens is 2. The molecule has 2 aromatic rings. The highest BCUT2D eigenvalue weighted by Crippen LogP contribution is 2.29. The Morgan fingerprint density at radius 3 is 2.65 bits per heavy atom. The van der Waals surface area contributed by atoms with Crippen LogP contribution in [0, 0.1) is 5.82 Å². The lowest BCUT2D eigenvalue weighted by molar-refractivity contribution is 0.112. The number of methoxy groups -OCH3 is 1. The Balaban J connectivity index is 2.16. The molecule has 5 heteroatoms. The lowest BCUT2D eigenvalue weighted by Crippen LogP contribution is -1.99. The monoisotopic (exact) mass is 294 g/mol. The molecule has 0 spiro atoms. The van der Waals surface area contributed by atoms with Crippen LogP contribution in [0.5, 0.6) is 11.5 Å². The van der Waals surface area contributed by atoms with Crippen LogP contribution in [-0.2, 0) is 6.61 Å². The van der Waals surface area contributed by atoms with E-state index < -0.39 is 5.82 Å². The molecule has 0 amide bonds. The van der Waals surface area contributed by atoms with Gasteiger partial charge in [0.25, 0.3) is 0 Å². The quantitative estimate of drug-likeness (QED) is 0.785. The molecule has 0 atom stereocenters. The van der Waals surface area contributed by atoms with E-state index in [1.807, 2.05) is 0 Å². The molecule has 0 N–H and O–H groups in total. The number of carbonyl (C=O) groups is 1. The van der Waals surface area contributed by atoms with Gasteiger partial charge in [-0.15, -0.1) is 0 Å². The number of carbonyl (C=O) groups excluding carboxylic acids is 1. The number of hydrogen-bond donors (Lipinski definition) is 0. The molecule has 2 aromatic carbocycles. The van der Waals surface area contributed by atoms with Crippen molar-refractivity contribution < 1.29 is 18.7 Å². The lowest BCUT2D eigenvalue weighted by Gasteiger charge is -2.11. The molecule has 0 aliphatic carbocycles. The normalized spacial score (nSPS) is 10.2. The van der Waals surface area contributed by atoms with Crippen molar-refractivity contribution in [2.24, 2.45) is 0 Å². The number of hydrogen-bond acceptors (Lipinski definition) is 3. The standard InChI is InChI=1S/C15H12ClFO3/c1-19-15-6-10(8-18)2-5-14(15)20-9-11-3-4-12(17)7-13(11)16/h2-8H,9H2,1H3. The zero-order valence-electron chi connectivity index (χ0n) is 10.7. The van der Waals surface area contributed by atoms with E-state index in [-0.39, 0.29) is 6.61 Å². The van der Waals surface area contributed by atoms with E-state index in [0.717, 1.165) is 6.29 Å². The van der Waals surface area contributed by atoms with Crippen molar-refractivity contribution in [2.45, 2.75) is 6.61 Å². The Labute approximate surface area is 120 Å². The van der Waals surface area contributed by atoms with Gasteiger partial charge in [0, 0.05) is 11.1 Å². The minimum atomic E-state index is -0.397. The van der Waals surface area contributed by atoms with Crippen LogP contribution in [0.25, 0.3) is 0 Å². The third-order valence-corrected chi connectivity index (χ3v) is 3.07. The largest absolute Gasteiger partial charge is 0.493 e. The molecule has 0 fully saturated rings. The maximum absolute atomic E-state index is 12.9. The molecule has 0 radical (unpaired) electrons. The van der Waals surface area contributed by atoms with Gasteiger partial charge in [0.05, 0.1) is 12.1 Å². The number of aldehydes is 1. The second-order valence-corrected chi connectivity index (χ2v) is 4.46. The average Bonchev–Trinajstić information content (AvgIpc) is 2.46. The summed E-state index contributed by atoms with van der Waals surface area (Å²) in [5, 5.41) is 0.300. The smallest absolute Gasteiger partial charge is 0.161 e. The molecule has 104 valence electrons. The fraction of sp³-hybridized carbons (Fsp3) is 0.133. The third kappa shape index (κ3) is 3.27. The van der Waals surface area contributed by atoms with Crippen molar-refractivity contribution in [1.29, 1.82) is 0 Å². The van der Waals surface area contributed by atoms with E-state index in [1.165, 1.54) is 19.2 Å². The van der Waals surface area contributed by atoms with Gasteiger partial charge < -0.3 is 9.47 Å². The second-order valence-electron chi connectivity index (χ2n) is 4.05. The van der Waals surface area contributed by atoms with E-state index in [0.29, 0.717) is 27.6 Å². The number of benzene rings is 2. The zero-order chi connectivity index (χ0) is 14.5. The van der Waals surface area contributed by atoms with Crippen molar-refractivity contribution in [3.8, 4) is 11.5 Å². The molecule has 0 heterocycles. The Morgan fingerprint density at radius 1 is 1.20 bits per heavy atom. The summed E-state index contributed by atoms with van der Waals surface area (Å²) in [5.41, 5.74) is 1.16. The van der Waals surface area contributed by atoms with Crippen molar-refractivity contribution in [1.82, 2.24) is 0 Å². The van der Waals surface area contributed by atoms with Crippen LogP contribution in [0.3, 0.4) is 0 Å². The summed E-state index contributed by atoms with van der Waals surface area (Å²) in [6, 6.07) is 8.94. The highest BCUT2D eigenvalue weighted by Gasteiger charge is 2.08. The van der Waals surface area contributed by atoms with Crippen LogP contribution in [-0.4, -0.2) is 13.4 Å². The molecule has 0 unspecified atom stereocenters. The predicted octanol–water partition coefficient (Wildman–Crippen LogP) is 3.88. The first kappa shape index (κ1) is 14.3. The molecular formula is C15H12ClFO3. The predicted molar refractivity (Wildman–Crippen MR) is 74.1 cm³/mol. The summed E-state index contributed by atoms with van der Waals surface area (Å²) in [6.07, 6.45) is 0.725. The summed E-state index contributed by atoms with van der Waals surface area (Å²) in [7, 11) is 1.49. The lowest BCUT2D eigenvalue weighted by atomic mass is 10.2. The summed E-state index contributed by atoms with van der Waals surface area (Å²) in [4.78, 5) is 10.7. The van der Waals surface area contributed by atoms with Gasteiger partial charge in [-0.05, 0) is 30.3 Å². The topological polar surface area (TPSA) is 35.5 Å². The van der Waals surface area contributed by atoms with Crippen LogP contribution in [0.4, 0.5) is 4.39 Å². The molecule has 0 saturated carbocycles. The van der Waals surface area contributed by atoms with Gasteiger partial charge in [0.1, 0.15) is 18.7 Å². The molecular weight excluding hydrogens is 283 g/mol. The first-order valence-corrected chi connectivity index (χ1v) is 6.22. The van der Waals surface area contributed by atoms with E-state index >= 15 is 0 Å². The Morgan fingerprint density at radius 2 is 2.00 bits per heavy atom. The molecule has 3 nitrogen and oxygen atoms in total. The van der Waals surface area contributed by atoms with Crippen LogP contribution in [0.15, 0.2) is 36.4 Å². The van der Waals surface area contributed by atoms with Crippen molar-refractivity contribution in [3.05, 3.63) is 58.4 Å². The molecule has 0 aliphatic rings. The van der Waals surface area contributed by atoms with Gasteiger partial charge in [0.15, 0.2) is 11.5 Å². The van der Waals surface area contributed by atoms with Crippen molar-refractivity contribution in [2.75, 3.05) is 7.11 Å². The van der Waals surface area contributed by atoms with Gasteiger partial charge >= 0.3 is 0 Å². The molecule has 0 aromatic heterocycles. The van der Waals surface area contributed by atoms with Crippen LogP contribution in [0.2, 0.25) is 5.02 Å². The van der Waals surface area contributed by atoms with E-state index in [1.54, 1.807) is 24.3 Å². The minimum absolute atomic E-state index is 0.176. The van der Waals surface area contributed by atoms with Crippen LogP contribution >= 0.6 is 11.6 Å². The molecule has 20 heavy (non-hydrogen) atoms. The average molecular weight is 295 g/mol. The third-order valence-electron chi connectivity index (χ3n) is 2.72. The molecule has 0 saturated heterocycles. The first-order chi connectivity index (χ1) is 9.63. The summed E-state index contributed by atoms with van der Waals surface area (Å²) >= 11 is 5.92. The van der Waals surface area contributed by atoms with Crippen LogP contribution in [0.1, 0.15) is 15.9 Å². The maximum Gasteiger partial charge on any atom is 0.161 e. The van der Waals surface area contributed by atoms with Gasteiger partial charge in [0.2, 0.25) is 0 Å². The first-order valence-electron chi connectivity index (χ1n) is 5.84. The maximum atomic E-state index is 12.9. The van der Waals surface area contributed by atoms with E-state index in [4.69, 9.17) is 21.1 Å². The molecule has 2 rings (SSSR count). The minimum Gasteiger partial charge on any atom is -0.493 e. The summed E-state index contributed by atoms with van der Waals surface area (Å²) in [6.45, 7) is 0.176. The Hall–Kier alpha value is -2.07. The van der Waals surface area contributed by atoms with Gasteiger partial charge in [-0.3, -0.25) is 4.79 Å². The fourth-order valence-corrected chi connectivity index (χ4v) is 1.89. The highest BCUT2D eigenvalue weighted by atomic mass is 35.5. The number of ether oxygens (including phenoxy) is 2.